The number of rotatable bonds is 3. The molecule has 1 aliphatic heterocycles. The van der Waals surface area contributed by atoms with Crippen molar-refractivity contribution in [3.8, 4) is 0 Å². The Kier molecular flexibility index (Phi) is 4.00. The van der Waals surface area contributed by atoms with E-state index < -0.39 is 0 Å². The summed E-state index contributed by atoms with van der Waals surface area (Å²) < 4.78 is 7.75. The van der Waals surface area contributed by atoms with Gasteiger partial charge in [-0.15, -0.1) is 0 Å². The lowest BCUT2D eigenvalue weighted by Crippen LogP contribution is -3.09. The van der Waals surface area contributed by atoms with Crippen LogP contribution in [0.25, 0.3) is 11.0 Å². The number of fused-ring (bicyclic) bond motifs is 1. The van der Waals surface area contributed by atoms with Crippen molar-refractivity contribution in [2.24, 2.45) is 7.05 Å². The normalized spacial score (nSPS) is 20.4. The Morgan fingerprint density at radius 2 is 2.12 bits per heavy atom. The van der Waals surface area contributed by atoms with Gasteiger partial charge >= 0.3 is 5.63 Å². The van der Waals surface area contributed by atoms with Crippen LogP contribution in [-0.2, 0) is 13.6 Å². The van der Waals surface area contributed by atoms with Crippen molar-refractivity contribution in [1.82, 2.24) is 4.57 Å². The SMILES string of the molecule is Cc1ccc2c(C[NH+]3CCC[C@H]3c3cccn3C)cc(=O)oc2c1C. The van der Waals surface area contributed by atoms with Gasteiger partial charge in [-0.05, 0) is 37.1 Å². The molecular formula is C21H25N2O2+. The number of likely N-dealkylation sites (tertiary alicyclic amines) is 1. The summed E-state index contributed by atoms with van der Waals surface area (Å²) in [6, 6.07) is 10.7. The standard InChI is InChI=1S/C21H24N2O2/c1-14-8-9-17-16(12-20(24)25-21(17)15(14)2)13-23-11-5-7-19(23)18-6-4-10-22(18)3/h4,6,8-10,12,19H,5,7,11,13H2,1-3H3/p+1/t19-/m0/s1. The van der Waals surface area contributed by atoms with Crippen molar-refractivity contribution in [1.29, 1.82) is 0 Å². The van der Waals surface area contributed by atoms with Crippen LogP contribution < -0.4 is 10.5 Å². The third-order valence-corrected chi connectivity index (χ3v) is 5.76. The lowest BCUT2D eigenvalue weighted by molar-refractivity contribution is -0.932. The zero-order chi connectivity index (χ0) is 17.6. The van der Waals surface area contributed by atoms with Gasteiger partial charge in [0.2, 0.25) is 0 Å². The molecule has 2 aromatic heterocycles. The van der Waals surface area contributed by atoms with Crippen LogP contribution in [0.15, 0.2) is 45.7 Å². The van der Waals surface area contributed by atoms with Crippen molar-refractivity contribution in [2.45, 2.75) is 39.3 Å². The third-order valence-electron chi connectivity index (χ3n) is 5.76. The summed E-state index contributed by atoms with van der Waals surface area (Å²) in [5.41, 5.74) is 5.20. The van der Waals surface area contributed by atoms with E-state index in [2.05, 4.69) is 49.0 Å². The highest BCUT2D eigenvalue weighted by Gasteiger charge is 2.32. The second kappa shape index (κ2) is 6.19. The topological polar surface area (TPSA) is 39.6 Å². The fraction of sp³-hybridized carbons (Fsp3) is 0.381. The Balaban J connectivity index is 1.74. The fourth-order valence-electron chi connectivity index (χ4n) is 4.23. The molecule has 1 unspecified atom stereocenters. The minimum atomic E-state index is -0.245. The summed E-state index contributed by atoms with van der Waals surface area (Å²) in [6.45, 7) is 6.08. The van der Waals surface area contributed by atoms with Crippen LogP contribution in [0.5, 0.6) is 0 Å². The van der Waals surface area contributed by atoms with Crippen molar-refractivity contribution in [2.75, 3.05) is 6.54 Å². The van der Waals surface area contributed by atoms with E-state index in [-0.39, 0.29) is 5.63 Å². The molecule has 130 valence electrons. The largest absolute Gasteiger partial charge is 0.422 e. The lowest BCUT2D eigenvalue weighted by atomic mass is 10.0. The van der Waals surface area contributed by atoms with Crippen LogP contribution in [0.1, 0.15) is 41.3 Å². The Labute approximate surface area is 147 Å². The quantitative estimate of drug-likeness (QED) is 0.747. The van der Waals surface area contributed by atoms with Crippen molar-refractivity contribution >= 4 is 11.0 Å². The van der Waals surface area contributed by atoms with Gasteiger partial charge < -0.3 is 13.9 Å². The fourth-order valence-corrected chi connectivity index (χ4v) is 4.23. The van der Waals surface area contributed by atoms with Gasteiger partial charge in [-0.3, -0.25) is 0 Å². The zero-order valence-corrected chi connectivity index (χ0v) is 15.1. The van der Waals surface area contributed by atoms with Gasteiger partial charge in [-0.25, -0.2) is 4.79 Å². The van der Waals surface area contributed by atoms with Gasteiger partial charge in [-0.1, -0.05) is 12.1 Å². The Morgan fingerprint density at radius 1 is 1.28 bits per heavy atom. The average molecular weight is 337 g/mol. The summed E-state index contributed by atoms with van der Waals surface area (Å²) in [6.07, 6.45) is 4.54. The van der Waals surface area contributed by atoms with E-state index in [9.17, 15) is 4.79 Å². The summed E-state index contributed by atoms with van der Waals surface area (Å²) in [4.78, 5) is 13.7. The molecule has 3 heterocycles. The summed E-state index contributed by atoms with van der Waals surface area (Å²) in [7, 11) is 2.12. The van der Waals surface area contributed by atoms with Crippen molar-refractivity contribution in [3.05, 3.63) is 69.3 Å². The van der Waals surface area contributed by atoms with Crippen LogP contribution in [0.4, 0.5) is 0 Å². The van der Waals surface area contributed by atoms with Gasteiger partial charge in [0.25, 0.3) is 0 Å². The predicted molar refractivity (Wildman–Crippen MR) is 98.9 cm³/mol. The summed E-state index contributed by atoms with van der Waals surface area (Å²) in [5, 5.41) is 1.08. The lowest BCUT2D eigenvalue weighted by Gasteiger charge is -2.23. The molecule has 0 saturated carbocycles. The van der Waals surface area contributed by atoms with Gasteiger partial charge in [0, 0.05) is 43.1 Å². The molecule has 3 aromatic rings. The molecule has 1 fully saturated rings. The van der Waals surface area contributed by atoms with Crippen molar-refractivity contribution in [3.63, 3.8) is 0 Å². The maximum Gasteiger partial charge on any atom is 0.336 e. The molecule has 4 nitrogen and oxygen atoms in total. The molecule has 1 N–H and O–H groups in total. The van der Waals surface area contributed by atoms with E-state index in [1.54, 1.807) is 6.07 Å². The molecule has 4 heteroatoms. The summed E-state index contributed by atoms with van der Waals surface area (Å²) >= 11 is 0. The highest BCUT2D eigenvalue weighted by atomic mass is 16.4. The number of hydrogen-bond donors (Lipinski definition) is 1. The number of aromatic nitrogens is 1. The first kappa shape index (κ1) is 16.2. The number of aryl methyl sites for hydroxylation is 3. The summed E-state index contributed by atoms with van der Waals surface area (Å²) in [5.74, 6) is 0. The number of nitrogens with zero attached hydrogens (tertiary/aromatic N) is 1. The van der Waals surface area contributed by atoms with Crippen LogP contribution in [0, 0.1) is 13.8 Å². The molecule has 2 atom stereocenters. The maximum atomic E-state index is 12.1. The highest BCUT2D eigenvalue weighted by Crippen LogP contribution is 2.24. The van der Waals surface area contributed by atoms with E-state index in [1.807, 2.05) is 6.92 Å². The van der Waals surface area contributed by atoms with E-state index in [0.29, 0.717) is 6.04 Å². The first-order valence-corrected chi connectivity index (χ1v) is 9.03. The molecule has 0 spiro atoms. The monoisotopic (exact) mass is 337 g/mol. The van der Waals surface area contributed by atoms with E-state index in [0.717, 1.165) is 40.7 Å². The molecule has 25 heavy (non-hydrogen) atoms. The number of quaternary nitrogens is 1. The van der Waals surface area contributed by atoms with Crippen molar-refractivity contribution < 1.29 is 9.32 Å². The number of nitrogens with one attached hydrogen (secondary N) is 1. The molecular weight excluding hydrogens is 312 g/mol. The van der Waals surface area contributed by atoms with Crippen LogP contribution in [0.3, 0.4) is 0 Å². The molecule has 1 aliphatic rings. The number of hydrogen-bond acceptors (Lipinski definition) is 2. The first-order valence-electron chi connectivity index (χ1n) is 9.03. The Hall–Kier alpha value is -2.33. The minimum absolute atomic E-state index is 0.245. The second-order valence-electron chi connectivity index (χ2n) is 7.30. The van der Waals surface area contributed by atoms with E-state index in [4.69, 9.17) is 4.42 Å². The molecule has 0 bridgehead atoms. The van der Waals surface area contributed by atoms with Gasteiger partial charge in [0.1, 0.15) is 18.2 Å². The zero-order valence-electron chi connectivity index (χ0n) is 15.1. The smallest absolute Gasteiger partial charge is 0.336 e. The molecule has 0 radical (unpaired) electrons. The molecule has 0 amide bonds. The maximum absolute atomic E-state index is 12.1. The van der Waals surface area contributed by atoms with Crippen LogP contribution >= 0.6 is 0 Å². The van der Waals surface area contributed by atoms with Gasteiger partial charge in [0.05, 0.1) is 12.2 Å². The Bertz CT molecular complexity index is 983. The molecule has 0 aliphatic carbocycles. The predicted octanol–water partition coefficient (Wildman–Crippen LogP) is 2.67. The first-order chi connectivity index (χ1) is 12.0. The minimum Gasteiger partial charge on any atom is -0.422 e. The van der Waals surface area contributed by atoms with Gasteiger partial charge in [0.15, 0.2) is 0 Å². The third kappa shape index (κ3) is 2.81. The van der Waals surface area contributed by atoms with Crippen LogP contribution in [0.2, 0.25) is 0 Å². The second-order valence-corrected chi connectivity index (χ2v) is 7.30. The molecule has 1 aromatic carbocycles. The number of benzene rings is 1. The van der Waals surface area contributed by atoms with E-state index in [1.165, 1.54) is 23.4 Å². The average Bonchev–Trinajstić information content (AvgIpc) is 3.20. The molecule has 1 saturated heterocycles. The Morgan fingerprint density at radius 3 is 2.88 bits per heavy atom. The van der Waals surface area contributed by atoms with Gasteiger partial charge in [-0.2, -0.15) is 0 Å². The molecule has 4 rings (SSSR count). The van der Waals surface area contributed by atoms with E-state index >= 15 is 0 Å². The van der Waals surface area contributed by atoms with Crippen LogP contribution in [-0.4, -0.2) is 11.1 Å². The highest BCUT2D eigenvalue weighted by molar-refractivity contribution is 5.83.